The van der Waals surface area contributed by atoms with Gasteiger partial charge in [-0.05, 0) is 51.1 Å². The molecule has 1 aliphatic carbocycles. The highest BCUT2D eigenvalue weighted by atomic mass is 16.5. The molecule has 2 atom stereocenters. The standard InChI is InChI=1S/C20H30N2O4/c1-22(2)11-6-12-26-16-8-5-7-15(13-16)14-21-19(23)17-9-3-4-10-18(17)20(24)25/h5,7-8,13,17-18H,3-4,6,9-12,14H2,1-2H3,(H,21,23)(H,24,25). The van der Waals surface area contributed by atoms with Gasteiger partial charge >= 0.3 is 5.97 Å². The van der Waals surface area contributed by atoms with Gasteiger partial charge in [0.1, 0.15) is 5.75 Å². The van der Waals surface area contributed by atoms with Crippen LogP contribution in [-0.2, 0) is 16.1 Å². The molecular formula is C20H30N2O4. The van der Waals surface area contributed by atoms with Crippen LogP contribution in [0.1, 0.15) is 37.7 Å². The first-order valence-electron chi connectivity index (χ1n) is 9.34. The minimum Gasteiger partial charge on any atom is -0.494 e. The number of carboxylic acids is 1. The van der Waals surface area contributed by atoms with Gasteiger partial charge in [0.15, 0.2) is 0 Å². The van der Waals surface area contributed by atoms with Crippen LogP contribution in [-0.4, -0.2) is 49.1 Å². The Hall–Kier alpha value is -2.08. The van der Waals surface area contributed by atoms with Crippen LogP contribution < -0.4 is 10.1 Å². The molecule has 0 aromatic heterocycles. The predicted octanol–water partition coefficient (Wildman–Crippen LogP) is 2.52. The Morgan fingerprint density at radius 3 is 2.65 bits per heavy atom. The summed E-state index contributed by atoms with van der Waals surface area (Å²) in [6.07, 6.45) is 3.99. The van der Waals surface area contributed by atoms with E-state index in [9.17, 15) is 14.7 Å². The van der Waals surface area contributed by atoms with Crippen molar-refractivity contribution < 1.29 is 19.4 Å². The summed E-state index contributed by atoms with van der Waals surface area (Å²) in [7, 11) is 4.06. The minimum atomic E-state index is -0.863. The molecule has 1 amide bonds. The molecule has 26 heavy (non-hydrogen) atoms. The summed E-state index contributed by atoms with van der Waals surface area (Å²) in [4.78, 5) is 25.9. The lowest BCUT2D eigenvalue weighted by atomic mass is 9.78. The van der Waals surface area contributed by atoms with E-state index in [0.29, 0.717) is 26.0 Å². The zero-order chi connectivity index (χ0) is 18.9. The van der Waals surface area contributed by atoms with Gasteiger partial charge in [0, 0.05) is 13.1 Å². The molecule has 6 heteroatoms. The molecular weight excluding hydrogens is 332 g/mol. The van der Waals surface area contributed by atoms with Crippen molar-refractivity contribution in [1.82, 2.24) is 10.2 Å². The van der Waals surface area contributed by atoms with Crippen molar-refractivity contribution in [2.45, 2.75) is 38.6 Å². The molecule has 0 heterocycles. The number of carbonyl (C=O) groups excluding carboxylic acids is 1. The predicted molar refractivity (Wildman–Crippen MR) is 100 cm³/mol. The van der Waals surface area contributed by atoms with Crippen molar-refractivity contribution in [1.29, 1.82) is 0 Å². The van der Waals surface area contributed by atoms with Gasteiger partial charge < -0.3 is 20.1 Å². The van der Waals surface area contributed by atoms with Gasteiger partial charge in [-0.25, -0.2) is 0 Å². The second kappa shape index (κ2) is 10.2. The van der Waals surface area contributed by atoms with Crippen molar-refractivity contribution in [3.05, 3.63) is 29.8 Å². The number of nitrogens with one attached hydrogen (secondary N) is 1. The third-order valence-electron chi connectivity index (χ3n) is 4.80. The third-order valence-corrected chi connectivity index (χ3v) is 4.80. The number of hydrogen-bond acceptors (Lipinski definition) is 4. The Morgan fingerprint density at radius 1 is 1.23 bits per heavy atom. The van der Waals surface area contributed by atoms with Crippen LogP contribution in [0, 0.1) is 11.8 Å². The fourth-order valence-corrected chi connectivity index (χ4v) is 3.38. The van der Waals surface area contributed by atoms with Gasteiger partial charge in [0.25, 0.3) is 0 Å². The molecule has 1 aromatic carbocycles. The maximum Gasteiger partial charge on any atom is 0.307 e. The Kier molecular flexibility index (Phi) is 7.91. The van der Waals surface area contributed by atoms with Crippen LogP contribution in [0.3, 0.4) is 0 Å². The van der Waals surface area contributed by atoms with Gasteiger partial charge in [-0.2, -0.15) is 0 Å². The van der Waals surface area contributed by atoms with Crippen molar-refractivity contribution in [2.24, 2.45) is 11.8 Å². The topological polar surface area (TPSA) is 78.9 Å². The molecule has 0 aliphatic heterocycles. The number of carbonyl (C=O) groups is 2. The maximum absolute atomic E-state index is 12.4. The lowest BCUT2D eigenvalue weighted by Crippen LogP contribution is -2.39. The lowest BCUT2D eigenvalue weighted by molar-refractivity contribution is -0.148. The maximum atomic E-state index is 12.4. The first-order chi connectivity index (χ1) is 12.5. The number of aliphatic carboxylic acids is 1. The SMILES string of the molecule is CN(C)CCCOc1cccc(CNC(=O)C2CCCCC2C(=O)O)c1. The van der Waals surface area contributed by atoms with E-state index in [2.05, 4.69) is 10.2 Å². The molecule has 6 nitrogen and oxygen atoms in total. The van der Waals surface area contributed by atoms with E-state index < -0.39 is 17.8 Å². The first-order valence-corrected chi connectivity index (χ1v) is 9.34. The molecule has 0 spiro atoms. The first kappa shape index (κ1) is 20.2. The number of rotatable bonds is 9. The number of hydrogen-bond donors (Lipinski definition) is 2. The van der Waals surface area contributed by atoms with Crippen LogP contribution in [0.5, 0.6) is 5.75 Å². The zero-order valence-electron chi connectivity index (χ0n) is 15.7. The second-order valence-electron chi connectivity index (χ2n) is 7.21. The molecule has 1 saturated carbocycles. The Bertz CT molecular complexity index is 603. The Balaban J connectivity index is 1.83. The van der Waals surface area contributed by atoms with E-state index in [1.165, 1.54) is 0 Å². The average molecular weight is 362 g/mol. The van der Waals surface area contributed by atoms with Crippen molar-refractivity contribution in [3.8, 4) is 5.75 Å². The highest BCUT2D eigenvalue weighted by Crippen LogP contribution is 2.30. The summed E-state index contributed by atoms with van der Waals surface area (Å²) in [6, 6.07) is 7.67. The van der Waals surface area contributed by atoms with E-state index >= 15 is 0 Å². The van der Waals surface area contributed by atoms with Crippen LogP contribution in [0.4, 0.5) is 0 Å². The van der Waals surface area contributed by atoms with Gasteiger partial charge in [0.05, 0.1) is 18.4 Å². The van der Waals surface area contributed by atoms with Crippen LogP contribution >= 0.6 is 0 Å². The molecule has 0 radical (unpaired) electrons. The average Bonchev–Trinajstić information content (AvgIpc) is 2.63. The quantitative estimate of drug-likeness (QED) is 0.660. The normalized spacial score (nSPS) is 20.0. The molecule has 0 saturated heterocycles. The summed E-state index contributed by atoms with van der Waals surface area (Å²) < 4.78 is 5.75. The summed E-state index contributed by atoms with van der Waals surface area (Å²) >= 11 is 0. The molecule has 1 fully saturated rings. The van der Waals surface area contributed by atoms with Crippen LogP contribution in [0.2, 0.25) is 0 Å². The number of amides is 1. The van der Waals surface area contributed by atoms with Gasteiger partial charge in [0.2, 0.25) is 5.91 Å². The molecule has 2 N–H and O–H groups in total. The highest BCUT2D eigenvalue weighted by molar-refractivity contribution is 5.84. The monoisotopic (exact) mass is 362 g/mol. The molecule has 1 aliphatic rings. The highest BCUT2D eigenvalue weighted by Gasteiger charge is 2.35. The fourth-order valence-electron chi connectivity index (χ4n) is 3.38. The van der Waals surface area contributed by atoms with Gasteiger partial charge in [-0.15, -0.1) is 0 Å². The van der Waals surface area contributed by atoms with E-state index in [1.807, 2.05) is 38.4 Å². The Morgan fingerprint density at radius 2 is 1.96 bits per heavy atom. The molecule has 2 rings (SSSR count). The molecule has 2 unspecified atom stereocenters. The van der Waals surface area contributed by atoms with E-state index in [1.54, 1.807) is 0 Å². The summed E-state index contributed by atoms with van der Waals surface area (Å²) in [5, 5.41) is 12.2. The number of benzene rings is 1. The van der Waals surface area contributed by atoms with Crippen LogP contribution in [0.25, 0.3) is 0 Å². The lowest BCUT2D eigenvalue weighted by Gasteiger charge is -2.27. The van der Waals surface area contributed by atoms with Crippen molar-refractivity contribution >= 4 is 11.9 Å². The third kappa shape index (κ3) is 6.33. The molecule has 0 bridgehead atoms. The molecule has 1 aromatic rings. The fraction of sp³-hybridized carbons (Fsp3) is 0.600. The van der Waals surface area contributed by atoms with Crippen molar-refractivity contribution in [2.75, 3.05) is 27.2 Å². The number of carboxylic acid groups (broad SMARTS) is 1. The summed E-state index contributed by atoms with van der Waals surface area (Å²) in [5.74, 6) is -1.22. The van der Waals surface area contributed by atoms with E-state index in [-0.39, 0.29) is 5.91 Å². The Labute approximate surface area is 155 Å². The van der Waals surface area contributed by atoms with Crippen LogP contribution in [0.15, 0.2) is 24.3 Å². The zero-order valence-corrected chi connectivity index (χ0v) is 15.7. The van der Waals surface area contributed by atoms with Gasteiger partial charge in [-0.3, -0.25) is 9.59 Å². The summed E-state index contributed by atoms with van der Waals surface area (Å²) in [5.41, 5.74) is 0.950. The van der Waals surface area contributed by atoms with E-state index in [0.717, 1.165) is 37.1 Å². The number of nitrogens with zero attached hydrogens (tertiary/aromatic N) is 1. The second-order valence-corrected chi connectivity index (χ2v) is 7.21. The molecule has 144 valence electrons. The number of ether oxygens (including phenoxy) is 1. The van der Waals surface area contributed by atoms with Crippen molar-refractivity contribution in [3.63, 3.8) is 0 Å². The largest absolute Gasteiger partial charge is 0.494 e. The minimum absolute atomic E-state index is 0.158. The van der Waals surface area contributed by atoms with Gasteiger partial charge in [-0.1, -0.05) is 25.0 Å². The summed E-state index contributed by atoms with van der Waals surface area (Å²) in [6.45, 7) is 2.01. The van der Waals surface area contributed by atoms with E-state index in [4.69, 9.17) is 4.74 Å². The smallest absolute Gasteiger partial charge is 0.307 e.